The average molecular weight is 358 g/mol. The number of H-pyrrole nitrogens is 1. The van der Waals surface area contributed by atoms with Crippen LogP contribution in [-0.2, 0) is 6.42 Å². The molecule has 0 aliphatic rings. The summed E-state index contributed by atoms with van der Waals surface area (Å²) in [5.74, 6) is 1.73. The summed E-state index contributed by atoms with van der Waals surface area (Å²) in [6, 6.07) is 7.12. The molecule has 0 amide bonds. The summed E-state index contributed by atoms with van der Waals surface area (Å²) in [5.41, 5.74) is 4.15. The molecule has 140 valence electrons. The predicted molar refractivity (Wildman–Crippen MR) is 103 cm³/mol. The van der Waals surface area contributed by atoms with Crippen molar-refractivity contribution in [1.29, 1.82) is 0 Å². The molecule has 0 radical (unpaired) electrons. The Bertz CT molecular complexity index is 787. The van der Waals surface area contributed by atoms with E-state index >= 15 is 0 Å². The van der Waals surface area contributed by atoms with Gasteiger partial charge in [-0.05, 0) is 43.5 Å². The molecule has 7 nitrogen and oxygen atoms in total. The van der Waals surface area contributed by atoms with Gasteiger partial charge in [0.15, 0.2) is 11.5 Å². The van der Waals surface area contributed by atoms with Gasteiger partial charge in [-0.1, -0.05) is 20.3 Å². The van der Waals surface area contributed by atoms with Crippen LogP contribution >= 0.6 is 0 Å². The number of hydrazone groups is 1. The third kappa shape index (κ3) is 5.91. The van der Waals surface area contributed by atoms with Gasteiger partial charge in [-0.15, -0.1) is 0 Å². The fraction of sp³-hybridized carbons (Fsp3) is 0.421. The van der Waals surface area contributed by atoms with E-state index in [4.69, 9.17) is 9.47 Å². The second-order valence-corrected chi connectivity index (χ2v) is 5.69. The maximum atomic E-state index is 11.6. The lowest BCUT2D eigenvalue weighted by atomic mass is 10.2. The molecule has 2 N–H and O–H groups in total. The number of nitrogens with zero attached hydrogens (tertiary/aromatic N) is 2. The molecule has 26 heavy (non-hydrogen) atoms. The molecular weight excluding hydrogens is 332 g/mol. The minimum atomic E-state index is -0.197. The SMILES string of the molecule is CCCOc1ccc(/C=N/Nc2nc(CCC)cc(=O)[nH]2)cc1OCC. The highest BCUT2D eigenvalue weighted by Gasteiger charge is 2.05. The normalized spacial score (nSPS) is 10.9. The Balaban J connectivity index is 2.10. The quantitative estimate of drug-likeness (QED) is 0.502. The number of aromatic amines is 1. The molecule has 1 heterocycles. The molecule has 0 aliphatic heterocycles. The standard InChI is InChI=1S/C19H26N4O3/c1-4-7-15-12-18(24)22-19(21-15)23-20-13-14-8-9-16(26-10-5-2)17(11-14)25-6-3/h8-9,11-13H,4-7,10H2,1-3H3,(H2,21,22,23,24)/b20-13+. The number of benzene rings is 1. The molecule has 0 spiro atoms. The first-order valence-corrected chi connectivity index (χ1v) is 8.95. The van der Waals surface area contributed by atoms with Gasteiger partial charge < -0.3 is 9.47 Å². The third-order valence-electron chi connectivity index (χ3n) is 3.41. The van der Waals surface area contributed by atoms with E-state index in [1.165, 1.54) is 6.07 Å². The Kier molecular flexibility index (Phi) is 7.67. The van der Waals surface area contributed by atoms with E-state index in [1.807, 2.05) is 32.0 Å². The highest BCUT2D eigenvalue weighted by Crippen LogP contribution is 2.28. The summed E-state index contributed by atoms with van der Waals surface area (Å²) in [5, 5.41) is 4.14. The molecule has 0 saturated carbocycles. The van der Waals surface area contributed by atoms with Gasteiger partial charge in [-0.25, -0.2) is 10.4 Å². The van der Waals surface area contributed by atoms with Crippen molar-refractivity contribution >= 4 is 12.2 Å². The number of aryl methyl sites for hydroxylation is 1. The van der Waals surface area contributed by atoms with E-state index in [0.717, 1.165) is 36.3 Å². The molecule has 0 fully saturated rings. The van der Waals surface area contributed by atoms with Crippen LogP contribution in [0.25, 0.3) is 0 Å². The molecule has 1 aromatic carbocycles. The van der Waals surface area contributed by atoms with E-state index < -0.39 is 0 Å². The van der Waals surface area contributed by atoms with Gasteiger partial charge in [0.1, 0.15) is 0 Å². The lowest BCUT2D eigenvalue weighted by Crippen LogP contribution is -2.12. The first-order valence-electron chi connectivity index (χ1n) is 8.95. The smallest absolute Gasteiger partial charge is 0.252 e. The van der Waals surface area contributed by atoms with Gasteiger partial charge >= 0.3 is 0 Å². The van der Waals surface area contributed by atoms with Crippen LogP contribution in [0.15, 0.2) is 34.2 Å². The van der Waals surface area contributed by atoms with E-state index in [-0.39, 0.29) is 5.56 Å². The molecule has 0 saturated heterocycles. The maximum absolute atomic E-state index is 11.6. The van der Waals surface area contributed by atoms with Crippen molar-refractivity contribution in [2.45, 2.75) is 40.0 Å². The molecule has 0 unspecified atom stereocenters. The first-order chi connectivity index (χ1) is 12.7. The lowest BCUT2D eigenvalue weighted by Gasteiger charge is -2.11. The molecule has 2 rings (SSSR count). The van der Waals surface area contributed by atoms with Gasteiger partial charge in [0.2, 0.25) is 5.95 Å². The van der Waals surface area contributed by atoms with Crippen molar-refractivity contribution in [3.63, 3.8) is 0 Å². The molecule has 1 aromatic heterocycles. The van der Waals surface area contributed by atoms with Crippen molar-refractivity contribution in [1.82, 2.24) is 9.97 Å². The molecule has 7 heteroatoms. The fourth-order valence-corrected chi connectivity index (χ4v) is 2.32. The van der Waals surface area contributed by atoms with Crippen LogP contribution in [0.5, 0.6) is 11.5 Å². The minimum Gasteiger partial charge on any atom is -0.490 e. The number of nitrogens with one attached hydrogen (secondary N) is 2. The zero-order valence-electron chi connectivity index (χ0n) is 15.5. The van der Waals surface area contributed by atoms with E-state index in [1.54, 1.807) is 6.21 Å². The summed E-state index contributed by atoms with van der Waals surface area (Å²) >= 11 is 0. The van der Waals surface area contributed by atoms with Crippen LogP contribution in [0.1, 0.15) is 44.9 Å². The summed E-state index contributed by atoms with van der Waals surface area (Å²) in [4.78, 5) is 18.6. The lowest BCUT2D eigenvalue weighted by molar-refractivity contribution is 0.277. The van der Waals surface area contributed by atoms with Crippen molar-refractivity contribution < 1.29 is 9.47 Å². The van der Waals surface area contributed by atoms with Crippen LogP contribution in [0.2, 0.25) is 0 Å². The van der Waals surface area contributed by atoms with Crippen LogP contribution in [0.3, 0.4) is 0 Å². The van der Waals surface area contributed by atoms with Crippen molar-refractivity contribution in [2.24, 2.45) is 5.10 Å². The number of aromatic nitrogens is 2. The summed E-state index contributed by atoms with van der Waals surface area (Å²) in [6.07, 6.45) is 4.24. The van der Waals surface area contributed by atoms with E-state index in [9.17, 15) is 4.79 Å². The maximum Gasteiger partial charge on any atom is 0.252 e. The Morgan fingerprint density at radius 2 is 2.00 bits per heavy atom. The Labute approximate surface area is 153 Å². The molecule has 0 atom stereocenters. The van der Waals surface area contributed by atoms with Gasteiger partial charge in [0.05, 0.1) is 19.4 Å². The van der Waals surface area contributed by atoms with Crippen LogP contribution < -0.4 is 20.5 Å². The minimum absolute atomic E-state index is 0.197. The first kappa shape index (κ1) is 19.5. The van der Waals surface area contributed by atoms with Crippen molar-refractivity contribution in [2.75, 3.05) is 18.6 Å². The van der Waals surface area contributed by atoms with Crippen molar-refractivity contribution in [3.8, 4) is 11.5 Å². The van der Waals surface area contributed by atoms with Crippen molar-refractivity contribution in [3.05, 3.63) is 45.9 Å². The molecule has 0 aliphatic carbocycles. The zero-order valence-corrected chi connectivity index (χ0v) is 15.5. The van der Waals surface area contributed by atoms with Crippen LogP contribution in [0, 0.1) is 0 Å². The van der Waals surface area contributed by atoms with Crippen LogP contribution in [-0.4, -0.2) is 29.4 Å². The molecule has 0 bridgehead atoms. The monoisotopic (exact) mass is 358 g/mol. The Morgan fingerprint density at radius 1 is 1.15 bits per heavy atom. The highest BCUT2D eigenvalue weighted by atomic mass is 16.5. The fourth-order valence-electron chi connectivity index (χ4n) is 2.32. The second-order valence-electron chi connectivity index (χ2n) is 5.69. The zero-order chi connectivity index (χ0) is 18.8. The third-order valence-corrected chi connectivity index (χ3v) is 3.41. The largest absolute Gasteiger partial charge is 0.490 e. The van der Waals surface area contributed by atoms with Gasteiger partial charge in [-0.3, -0.25) is 9.78 Å². The second kappa shape index (κ2) is 10.2. The summed E-state index contributed by atoms with van der Waals surface area (Å²) in [7, 11) is 0. The number of hydrogen-bond donors (Lipinski definition) is 2. The van der Waals surface area contributed by atoms with Gasteiger partial charge in [0.25, 0.3) is 5.56 Å². The number of hydrogen-bond acceptors (Lipinski definition) is 6. The molecular formula is C19H26N4O3. The average Bonchev–Trinajstić information content (AvgIpc) is 2.61. The number of anilines is 1. The number of ether oxygens (including phenoxy) is 2. The van der Waals surface area contributed by atoms with Gasteiger partial charge in [0, 0.05) is 11.8 Å². The highest BCUT2D eigenvalue weighted by molar-refractivity contribution is 5.81. The number of rotatable bonds is 10. The van der Waals surface area contributed by atoms with E-state index in [0.29, 0.717) is 24.9 Å². The molecule has 2 aromatic rings. The topological polar surface area (TPSA) is 88.6 Å². The Hall–Kier alpha value is -2.83. The van der Waals surface area contributed by atoms with Crippen LogP contribution in [0.4, 0.5) is 5.95 Å². The Morgan fingerprint density at radius 3 is 2.73 bits per heavy atom. The summed E-state index contributed by atoms with van der Waals surface area (Å²) < 4.78 is 11.3. The van der Waals surface area contributed by atoms with Gasteiger partial charge in [-0.2, -0.15) is 5.10 Å². The summed E-state index contributed by atoms with van der Waals surface area (Å²) in [6.45, 7) is 7.22. The predicted octanol–water partition coefficient (Wildman–Crippen LogP) is 3.36. The van der Waals surface area contributed by atoms with E-state index in [2.05, 4.69) is 27.4 Å².